The largest absolute Gasteiger partial charge is 0.495 e. The van der Waals surface area contributed by atoms with Gasteiger partial charge in [-0.25, -0.2) is 0 Å². The number of benzene rings is 2. The van der Waals surface area contributed by atoms with Crippen LogP contribution in [-0.2, 0) is 6.54 Å². The highest BCUT2D eigenvalue weighted by molar-refractivity contribution is 7.12. The number of hydrogen-bond donors (Lipinski definition) is 0. The lowest BCUT2D eigenvalue weighted by atomic mass is 9.90. The van der Waals surface area contributed by atoms with Crippen molar-refractivity contribution in [2.45, 2.75) is 39.2 Å². The highest BCUT2D eigenvalue weighted by Crippen LogP contribution is 2.33. The summed E-state index contributed by atoms with van der Waals surface area (Å²) in [5, 5.41) is 0.535. The van der Waals surface area contributed by atoms with E-state index in [0.29, 0.717) is 28.7 Å². The maximum atomic E-state index is 12.6. The molecule has 1 aliphatic rings. The van der Waals surface area contributed by atoms with Crippen LogP contribution in [0.25, 0.3) is 11.1 Å². The van der Waals surface area contributed by atoms with Crippen LogP contribution in [0.4, 0.5) is 0 Å². The van der Waals surface area contributed by atoms with E-state index >= 15 is 0 Å². The van der Waals surface area contributed by atoms with E-state index in [-0.39, 0.29) is 5.78 Å². The van der Waals surface area contributed by atoms with E-state index in [4.69, 9.17) is 16.3 Å². The molecule has 32 heavy (non-hydrogen) atoms. The molecule has 0 spiro atoms. The fraction of sp³-hybridized carbons (Fsp3) is 0.370. The molecule has 1 fully saturated rings. The molecule has 0 atom stereocenters. The quantitative estimate of drug-likeness (QED) is 0.326. The molecule has 3 nitrogen and oxygen atoms in total. The standard InChI is InChI=1S/C27H30ClNO2S/c1-19-24(21-6-4-3-5-7-21)17-23(32-19)18-29-14-12-20(13-15-29)8-11-26(30)22-9-10-25(28)27(16-22)31-2/h3-7,9-10,16-17,20H,8,11-15,18H2,1-2H3. The molecule has 0 saturated carbocycles. The predicted octanol–water partition coefficient (Wildman–Crippen LogP) is 7.26. The molecule has 0 N–H and O–H groups in total. The van der Waals surface area contributed by atoms with Crippen molar-refractivity contribution in [3.8, 4) is 16.9 Å². The summed E-state index contributed by atoms with van der Waals surface area (Å²) in [6.45, 7) is 5.45. The normalized spacial score (nSPS) is 15.1. The summed E-state index contributed by atoms with van der Waals surface area (Å²) >= 11 is 7.99. The lowest BCUT2D eigenvalue weighted by Gasteiger charge is -2.31. The van der Waals surface area contributed by atoms with E-state index in [1.807, 2.05) is 11.3 Å². The molecule has 0 bridgehead atoms. The second-order valence-electron chi connectivity index (χ2n) is 8.58. The van der Waals surface area contributed by atoms with E-state index in [1.165, 1.54) is 20.9 Å². The topological polar surface area (TPSA) is 29.5 Å². The first-order valence-corrected chi connectivity index (χ1v) is 12.5. The van der Waals surface area contributed by atoms with Crippen LogP contribution < -0.4 is 4.74 Å². The van der Waals surface area contributed by atoms with Crippen molar-refractivity contribution >= 4 is 28.7 Å². The summed E-state index contributed by atoms with van der Waals surface area (Å²) in [6.07, 6.45) is 3.86. The van der Waals surface area contributed by atoms with Crippen LogP contribution in [0.2, 0.25) is 5.02 Å². The molecule has 4 rings (SSSR count). The average molecular weight is 468 g/mol. The first-order chi connectivity index (χ1) is 15.5. The molecule has 1 aromatic heterocycles. The summed E-state index contributed by atoms with van der Waals surface area (Å²) in [7, 11) is 1.57. The van der Waals surface area contributed by atoms with Gasteiger partial charge in [0.15, 0.2) is 5.78 Å². The number of halogens is 1. The number of ether oxygens (including phenoxy) is 1. The van der Waals surface area contributed by atoms with Crippen molar-refractivity contribution in [2.24, 2.45) is 5.92 Å². The number of aryl methyl sites for hydroxylation is 1. The molecular formula is C27H30ClNO2S. The number of carbonyl (C=O) groups excluding carboxylic acids is 1. The second kappa shape index (κ2) is 10.7. The first kappa shape index (κ1) is 23.0. The van der Waals surface area contributed by atoms with Crippen LogP contribution in [0.15, 0.2) is 54.6 Å². The van der Waals surface area contributed by atoms with Crippen molar-refractivity contribution in [1.82, 2.24) is 4.90 Å². The summed E-state index contributed by atoms with van der Waals surface area (Å²) < 4.78 is 5.24. The number of hydrogen-bond acceptors (Lipinski definition) is 4. The maximum Gasteiger partial charge on any atom is 0.163 e. The van der Waals surface area contributed by atoms with E-state index < -0.39 is 0 Å². The Kier molecular flexibility index (Phi) is 7.67. The zero-order valence-electron chi connectivity index (χ0n) is 18.8. The molecule has 168 valence electrons. The molecule has 0 amide bonds. The van der Waals surface area contributed by atoms with Gasteiger partial charge in [-0.05, 0) is 80.6 Å². The van der Waals surface area contributed by atoms with Crippen LogP contribution in [0.1, 0.15) is 45.8 Å². The van der Waals surface area contributed by atoms with Crippen LogP contribution in [0.5, 0.6) is 5.75 Å². The fourth-order valence-corrected chi connectivity index (χ4v) is 5.79. The molecule has 0 aliphatic carbocycles. The Morgan fingerprint density at radius 1 is 1.12 bits per heavy atom. The number of ketones is 1. The summed E-state index contributed by atoms with van der Waals surface area (Å²) in [5.41, 5.74) is 3.35. The number of methoxy groups -OCH3 is 1. The Bertz CT molecular complexity index is 1050. The highest BCUT2D eigenvalue weighted by Gasteiger charge is 2.21. The number of Topliss-reactive ketones (excluding diaryl/α,β-unsaturated/α-hetero) is 1. The van der Waals surface area contributed by atoms with E-state index in [2.05, 4.69) is 48.2 Å². The zero-order chi connectivity index (χ0) is 22.5. The lowest BCUT2D eigenvalue weighted by molar-refractivity contribution is 0.0961. The van der Waals surface area contributed by atoms with Crippen LogP contribution in [0.3, 0.4) is 0 Å². The van der Waals surface area contributed by atoms with Crippen molar-refractivity contribution in [3.63, 3.8) is 0 Å². The fourth-order valence-electron chi connectivity index (χ4n) is 4.49. The van der Waals surface area contributed by atoms with E-state index in [9.17, 15) is 4.79 Å². The minimum atomic E-state index is 0.171. The summed E-state index contributed by atoms with van der Waals surface area (Å²) in [4.78, 5) is 18.0. The number of thiophene rings is 1. The van der Waals surface area contributed by atoms with Gasteiger partial charge < -0.3 is 4.74 Å². The van der Waals surface area contributed by atoms with Crippen molar-refractivity contribution in [3.05, 3.63) is 74.9 Å². The Hall–Kier alpha value is -2.14. The molecule has 2 aromatic carbocycles. The van der Waals surface area contributed by atoms with Crippen molar-refractivity contribution < 1.29 is 9.53 Å². The highest BCUT2D eigenvalue weighted by atomic mass is 35.5. The molecular weight excluding hydrogens is 438 g/mol. The Morgan fingerprint density at radius 2 is 1.88 bits per heavy atom. The Morgan fingerprint density at radius 3 is 2.59 bits per heavy atom. The van der Waals surface area contributed by atoms with Crippen molar-refractivity contribution in [1.29, 1.82) is 0 Å². The van der Waals surface area contributed by atoms with Gasteiger partial charge in [0, 0.05) is 28.3 Å². The number of likely N-dealkylation sites (tertiary alicyclic amines) is 1. The third-order valence-corrected chi connectivity index (χ3v) is 7.74. The van der Waals surface area contributed by atoms with E-state index in [0.717, 1.165) is 38.9 Å². The molecule has 3 aromatic rings. The Labute approximate surface area is 200 Å². The van der Waals surface area contributed by atoms with Gasteiger partial charge in [-0.2, -0.15) is 0 Å². The zero-order valence-corrected chi connectivity index (χ0v) is 20.3. The van der Waals surface area contributed by atoms with E-state index in [1.54, 1.807) is 25.3 Å². The third kappa shape index (κ3) is 5.61. The lowest BCUT2D eigenvalue weighted by Crippen LogP contribution is -2.33. The third-order valence-electron chi connectivity index (χ3n) is 6.39. The van der Waals surface area contributed by atoms with Crippen LogP contribution in [-0.4, -0.2) is 30.9 Å². The predicted molar refractivity (Wildman–Crippen MR) is 134 cm³/mol. The summed E-state index contributed by atoms with van der Waals surface area (Å²) in [6, 6.07) is 18.3. The van der Waals surface area contributed by atoms with Gasteiger partial charge in [-0.3, -0.25) is 9.69 Å². The number of piperidine rings is 1. The number of rotatable bonds is 8. The molecule has 1 aliphatic heterocycles. The Balaban J connectivity index is 1.25. The maximum absolute atomic E-state index is 12.6. The minimum absolute atomic E-state index is 0.171. The minimum Gasteiger partial charge on any atom is -0.495 e. The SMILES string of the molecule is COc1cc(C(=O)CCC2CCN(Cc3cc(-c4ccccc4)c(C)s3)CC2)ccc1Cl. The van der Waals surface area contributed by atoms with Gasteiger partial charge in [0.2, 0.25) is 0 Å². The molecule has 5 heteroatoms. The van der Waals surface area contributed by atoms with Gasteiger partial charge in [-0.15, -0.1) is 11.3 Å². The monoisotopic (exact) mass is 467 g/mol. The molecule has 0 unspecified atom stereocenters. The van der Waals surface area contributed by atoms with Crippen LogP contribution >= 0.6 is 22.9 Å². The van der Waals surface area contributed by atoms with Crippen LogP contribution in [0, 0.1) is 12.8 Å². The number of nitrogens with zero attached hydrogens (tertiary/aromatic N) is 1. The second-order valence-corrected chi connectivity index (χ2v) is 10.3. The smallest absolute Gasteiger partial charge is 0.163 e. The van der Waals surface area contributed by atoms with Gasteiger partial charge in [0.25, 0.3) is 0 Å². The molecule has 2 heterocycles. The van der Waals surface area contributed by atoms with Gasteiger partial charge in [0.1, 0.15) is 5.75 Å². The van der Waals surface area contributed by atoms with Gasteiger partial charge >= 0.3 is 0 Å². The molecule has 1 saturated heterocycles. The first-order valence-electron chi connectivity index (χ1n) is 11.3. The van der Waals surface area contributed by atoms with Crippen molar-refractivity contribution in [2.75, 3.05) is 20.2 Å². The molecule has 0 radical (unpaired) electrons. The average Bonchev–Trinajstić information content (AvgIpc) is 3.19. The van der Waals surface area contributed by atoms with Gasteiger partial charge in [-0.1, -0.05) is 41.9 Å². The number of carbonyl (C=O) groups is 1. The summed E-state index contributed by atoms with van der Waals surface area (Å²) in [5.74, 6) is 1.35. The van der Waals surface area contributed by atoms with Gasteiger partial charge in [0.05, 0.1) is 12.1 Å².